The van der Waals surface area contributed by atoms with E-state index in [1.807, 2.05) is 13.8 Å². The Balaban J connectivity index is 2.99. The summed E-state index contributed by atoms with van der Waals surface area (Å²) in [4.78, 5) is 11.9. The molecule has 9 heteroatoms. The minimum absolute atomic E-state index is 0.0960. The molecule has 0 bridgehead atoms. The van der Waals surface area contributed by atoms with E-state index in [2.05, 4.69) is 25.7 Å². The Morgan fingerprint density at radius 1 is 1.21 bits per heavy atom. The molecule has 0 radical (unpaired) electrons. The van der Waals surface area contributed by atoms with Crippen molar-refractivity contribution in [1.82, 2.24) is 15.0 Å². The summed E-state index contributed by atoms with van der Waals surface area (Å²) >= 11 is 0. The van der Waals surface area contributed by atoms with Crippen molar-refractivity contribution in [2.45, 2.75) is 32.4 Å². The number of nitrogens with zero attached hydrogens (tertiary/aromatic N) is 3. The molecule has 0 fully saturated rings. The van der Waals surface area contributed by atoms with Crippen molar-refractivity contribution in [1.29, 1.82) is 0 Å². The Bertz CT molecular complexity index is 410. The first kappa shape index (κ1) is 15.3. The Morgan fingerprint density at radius 3 is 2.26 bits per heavy atom. The van der Waals surface area contributed by atoms with Gasteiger partial charge in [0.2, 0.25) is 11.9 Å². The standard InChI is InChI=1S/C10H20N6O3/c1-6(2)19-9-13-7(12-8(14-9)16-11)15-10(3,4-17)5-18/h6,17-18H,4-5,11H2,1-3H3,(H2,12,13,14,15,16). The van der Waals surface area contributed by atoms with Crippen molar-refractivity contribution < 1.29 is 14.9 Å². The Kier molecular flexibility index (Phi) is 5.21. The van der Waals surface area contributed by atoms with E-state index in [0.29, 0.717) is 0 Å². The number of nitrogens with one attached hydrogen (secondary N) is 2. The van der Waals surface area contributed by atoms with E-state index in [-0.39, 0.29) is 37.2 Å². The zero-order chi connectivity index (χ0) is 14.5. The summed E-state index contributed by atoms with van der Waals surface area (Å²) in [5, 5.41) is 21.3. The fraction of sp³-hybridized carbons (Fsp3) is 0.700. The van der Waals surface area contributed by atoms with Gasteiger partial charge in [-0.25, -0.2) is 5.84 Å². The van der Waals surface area contributed by atoms with E-state index >= 15 is 0 Å². The van der Waals surface area contributed by atoms with E-state index in [1.54, 1.807) is 6.92 Å². The number of aliphatic hydroxyl groups is 2. The fourth-order valence-corrected chi connectivity index (χ4v) is 1.14. The average molecular weight is 272 g/mol. The fourth-order valence-electron chi connectivity index (χ4n) is 1.14. The molecular weight excluding hydrogens is 252 g/mol. The molecule has 1 aromatic heterocycles. The number of aromatic nitrogens is 3. The Hall–Kier alpha value is -1.71. The molecule has 0 saturated carbocycles. The number of hydrogen-bond donors (Lipinski definition) is 5. The second kappa shape index (κ2) is 6.45. The van der Waals surface area contributed by atoms with E-state index in [9.17, 15) is 10.2 Å². The maximum absolute atomic E-state index is 9.22. The van der Waals surface area contributed by atoms with Crippen molar-refractivity contribution in [3.05, 3.63) is 0 Å². The van der Waals surface area contributed by atoms with Gasteiger partial charge in [-0.3, -0.25) is 5.43 Å². The molecule has 19 heavy (non-hydrogen) atoms. The van der Waals surface area contributed by atoms with Crippen LogP contribution in [0.4, 0.5) is 11.9 Å². The lowest BCUT2D eigenvalue weighted by molar-refractivity contribution is 0.146. The van der Waals surface area contributed by atoms with Gasteiger partial charge in [0.1, 0.15) is 0 Å². The number of ether oxygens (including phenoxy) is 1. The lowest BCUT2D eigenvalue weighted by Gasteiger charge is -2.26. The van der Waals surface area contributed by atoms with Crippen LogP contribution >= 0.6 is 0 Å². The molecule has 9 nitrogen and oxygen atoms in total. The Labute approximate surface area is 111 Å². The average Bonchev–Trinajstić information content (AvgIpc) is 2.37. The molecule has 0 saturated heterocycles. The van der Waals surface area contributed by atoms with Crippen molar-refractivity contribution in [3.8, 4) is 6.01 Å². The van der Waals surface area contributed by atoms with Crippen LogP contribution in [0.1, 0.15) is 20.8 Å². The maximum atomic E-state index is 9.22. The van der Waals surface area contributed by atoms with Crippen LogP contribution in [0.25, 0.3) is 0 Å². The van der Waals surface area contributed by atoms with Gasteiger partial charge in [0.05, 0.1) is 24.9 Å². The van der Waals surface area contributed by atoms with E-state index < -0.39 is 5.54 Å². The van der Waals surface area contributed by atoms with Crippen LogP contribution in [0.2, 0.25) is 0 Å². The molecule has 108 valence electrons. The monoisotopic (exact) mass is 272 g/mol. The van der Waals surface area contributed by atoms with E-state index in [4.69, 9.17) is 10.6 Å². The minimum Gasteiger partial charge on any atom is -0.461 e. The van der Waals surface area contributed by atoms with Crippen molar-refractivity contribution in [3.63, 3.8) is 0 Å². The molecular formula is C10H20N6O3. The molecule has 1 rings (SSSR count). The summed E-state index contributed by atoms with van der Waals surface area (Å²) in [6, 6.07) is 0.0960. The highest BCUT2D eigenvalue weighted by Gasteiger charge is 2.24. The third-order valence-corrected chi connectivity index (χ3v) is 2.20. The SMILES string of the molecule is CC(C)Oc1nc(NN)nc(NC(C)(CO)CO)n1. The lowest BCUT2D eigenvalue weighted by atomic mass is 10.1. The van der Waals surface area contributed by atoms with Crippen LogP contribution in [0.15, 0.2) is 0 Å². The largest absolute Gasteiger partial charge is 0.461 e. The highest BCUT2D eigenvalue weighted by molar-refractivity contribution is 5.37. The predicted octanol–water partition coefficient (Wildman–Crippen LogP) is -0.900. The number of hydrazine groups is 1. The molecule has 6 N–H and O–H groups in total. The first-order valence-electron chi connectivity index (χ1n) is 5.81. The summed E-state index contributed by atoms with van der Waals surface area (Å²) in [6.07, 6.45) is -0.108. The van der Waals surface area contributed by atoms with Gasteiger partial charge in [-0.2, -0.15) is 15.0 Å². The molecule has 0 unspecified atom stereocenters. The zero-order valence-electron chi connectivity index (χ0n) is 11.2. The van der Waals surface area contributed by atoms with E-state index in [0.717, 1.165) is 0 Å². The van der Waals surface area contributed by atoms with Gasteiger partial charge < -0.3 is 20.3 Å². The molecule has 0 aromatic carbocycles. The predicted molar refractivity (Wildman–Crippen MR) is 69.6 cm³/mol. The van der Waals surface area contributed by atoms with Crippen molar-refractivity contribution >= 4 is 11.9 Å². The van der Waals surface area contributed by atoms with Crippen LogP contribution in [-0.2, 0) is 0 Å². The van der Waals surface area contributed by atoms with Gasteiger partial charge in [0.25, 0.3) is 0 Å². The van der Waals surface area contributed by atoms with Crippen LogP contribution in [-0.4, -0.2) is 50.0 Å². The summed E-state index contributed by atoms with van der Waals surface area (Å²) < 4.78 is 5.36. The number of hydrogen-bond acceptors (Lipinski definition) is 9. The van der Waals surface area contributed by atoms with E-state index in [1.165, 1.54) is 0 Å². The van der Waals surface area contributed by atoms with Gasteiger partial charge in [0, 0.05) is 0 Å². The molecule has 0 amide bonds. The van der Waals surface area contributed by atoms with Crippen molar-refractivity contribution in [2.24, 2.45) is 5.84 Å². The highest BCUT2D eigenvalue weighted by atomic mass is 16.5. The first-order valence-corrected chi connectivity index (χ1v) is 5.81. The van der Waals surface area contributed by atoms with Gasteiger partial charge >= 0.3 is 6.01 Å². The van der Waals surface area contributed by atoms with Gasteiger partial charge in [0.15, 0.2) is 0 Å². The summed E-state index contributed by atoms with van der Waals surface area (Å²) in [5.41, 5.74) is 1.34. The molecule has 0 aliphatic carbocycles. The topological polar surface area (TPSA) is 138 Å². The van der Waals surface area contributed by atoms with Crippen molar-refractivity contribution in [2.75, 3.05) is 24.0 Å². The van der Waals surface area contributed by atoms with Gasteiger partial charge in [-0.15, -0.1) is 0 Å². The van der Waals surface area contributed by atoms with Gasteiger partial charge in [-0.1, -0.05) is 0 Å². The maximum Gasteiger partial charge on any atom is 0.323 e. The third-order valence-electron chi connectivity index (χ3n) is 2.20. The molecule has 0 aliphatic rings. The minimum atomic E-state index is -0.956. The van der Waals surface area contributed by atoms with Crippen LogP contribution in [0.5, 0.6) is 6.01 Å². The summed E-state index contributed by atoms with van der Waals surface area (Å²) in [5.74, 6) is 5.52. The second-order valence-electron chi connectivity index (χ2n) is 4.58. The molecule has 0 atom stereocenters. The number of aliphatic hydroxyl groups excluding tert-OH is 2. The number of nitrogens with two attached hydrogens (primary N) is 1. The quantitative estimate of drug-likeness (QED) is 0.315. The molecule has 1 aromatic rings. The number of rotatable bonds is 7. The van der Waals surface area contributed by atoms with Crippen LogP contribution in [0.3, 0.4) is 0 Å². The summed E-state index contributed by atoms with van der Waals surface area (Å²) in [7, 11) is 0. The first-order chi connectivity index (χ1) is 8.92. The lowest BCUT2D eigenvalue weighted by Crippen LogP contribution is -2.43. The number of anilines is 2. The molecule has 0 aliphatic heterocycles. The number of nitrogen functional groups attached to an aromatic ring is 1. The summed E-state index contributed by atoms with van der Waals surface area (Å²) in [6.45, 7) is 4.70. The van der Waals surface area contributed by atoms with Gasteiger partial charge in [-0.05, 0) is 20.8 Å². The zero-order valence-corrected chi connectivity index (χ0v) is 11.2. The third kappa shape index (κ3) is 4.47. The molecule has 1 heterocycles. The van der Waals surface area contributed by atoms with Crippen LogP contribution < -0.4 is 21.3 Å². The normalized spacial score (nSPS) is 11.5. The molecule has 0 spiro atoms. The Morgan fingerprint density at radius 2 is 1.79 bits per heavy atom. The van der Waals surface area contributed by atoms with Crippen LogP contribution in [0, 0.1) is 0 Å². The second-order valence-corrected chi connectivity index (χ2v) is 4.58. The smallest absolute Gasteiger partial charge is 0.323 e. The highest BCUT2D eigenvalue weighted by Crippen LogP contribution is 2.15.